The molecule has 0 saturated carbocycles. The van der Waals surface area contributed by atoms with E-state index >= 15 is 0 Å². The normalized spacial score (nSPS) is 11.1. The van der Waals surface area contributed by atoms with Crippen molar-refractivity contribution in [2.45, 2.75) is 0 Å². The summed E-state index contributed by atoms with van der Waals surface area (Å²) in [5.41, 5.74) is 5.48. The zero-order chi connectivity index (χ0) is 34.1. The van der Waals surface area contributed by atoms with Crippen LogP contribution >= 0.6 is 0 Å². The van der Waals surface area contributed by atoms with Gasteiger partial charge in [-0.3, -0.25) is 0 Å². The number of hydrogen-bond acceptors (Lipinski definition) is 1. The molecular formula is C45H28N4Si. The highest BCUT2D eigenvalue weighted by Gasteiger charge is 2.41. The number of fused-ring (bicyclic) bond motifs is 3. The fourth-order valence-electron chi connectivity index (χ4n) is 7.52. The summed E-state index contributed by atoms with van der Waals surface area (Å²) in [6.07, 6.45) is 0. The predicted octanol–water partition coefficient (Wildman–Crippen LogP) is 8.80. The fourth-order valence-corrected chi connectivity index (χ4v) is 12.3. The summed E-state index contributed by atoms with van der Waals surface area (Å²) in [4.78, 5) is 7.74. The second kappa shape index (κ2) is 12.6. The zero-order valence-electron chi connectivity index (χ0n) is 27.0. The molecule has 8 rings (SSSR count). The van der Waals surface area contributed by atoms with Crippen molar-refractivity contribution in [1.82, 2.24) is 4.57 Å². The minimum absolute atomic E-state index is 0.464. The van der Waals surface area contributed by atoms with Crippen LogP contribution in [0.25, 0.3) is 48.3 Å². The first-order chi connectivity index (χ1) is 24.7. The average Bonchev–Trinajstić information content (AvgIpc) is 3.52. The van der Waals surface area contributed by atoms with Crippen LogP contribution in [0.5, 0.6) is 0 Å². The lowest BCUT2D eigenvalue weighted by Crippen LogP contribution is -2.74. The van der Waals surface area contributed by atoms with Crippen LogP contribution < -0.4 is 20.7 Å². The van der Waals surface area contributed by atoms with Gasteiger partial charge < -0.3 is 4.57 Å². The van der Waals surface area contributed by atoms with Crippen molar-refractivity contribution in [3.63, 3.8) is 0 Å². The van der Waals surface area contributed by atoms with Crippen LogP contribution in [0, 0.1) is 24.5 Å². The van der Waals surface area contributed by atoms with E-state index in [2.05, 4.69) is 136 Å². The molecule has 0 aliphatic rings. The van der Waals surface area contributed by atoms with Crippen molar-refractivity contribution in [2.75, 3.05) is 0 Å². The molecule has 0 bridgehead atoms. The summed E-state index contributed by atoms with van der Waals surface area (Å²) in [7, 11) is -2.87. The second-order valence-corrected chi connectivity index (χ2v) is 16.0. The summed E-state index contributed by atoms with van der Waals surface area (Å²) < 4.78 is 2.10. The molecule has 5 heteroatoms. The van der Waals surface area contributed by atoms with E-state index in [4.69, 9.17) is 13.1 Å². The predicted molar refractivity (Wildman–Crippen MR) is 207 cm³/mol. The summed E-state index contributed by atoms with van der Waals surface area (Å²) >= 11 is 0. The molecule has 4 nitrogen and oxygen atoms in total. The maximum atomic E-state index is 10.6. The van der Waals surface area contributed by atoms with Gasteiger partial charge in [-0.25, -0.2) is 9.69 Å². The van der Waals surface area contributed by atoms with Gasteiger partial charge >= 0.3 is 0 Å². The highest BCUT2D eigenvalue weighted by molar-refractivity contribution is 7.19. The number of hydrogen-bond donors (Lipinski definition) is 0. The van der Waals surface area contributed by atoms with Crippen molar-refractivity contribution in [1.29, 1.82) is 5.26 Å². The first-order valence-corrected chi connectivity index (χ1v) is 18.3. The Labute approximate surface area is 292 Å². The smallest absolute Gasteiger partial charge is 0.197 e. The van der Waals surface area contributed by atoms with Gasteiger partial charge in [-0.15, -0.1) is 0 Å². The summed E-state index contributed by atoms with van der Waals surface area (Å²) in [5.74, 6) is 0. The van der Waals surface area contributed by atoms with E-state index in [1.807, 2.05) is 42.5 Å². The summed E-state index contributed by atoms with van der Waals surface area (Å²) in [5, 5.41) is 17.5. The largest absolute Gasteiger partial charge is 0.309 e. The Hall–Kier alpha value is -6.97. The molecule has 8 aromatic rings. The Bertz CT molecular complexity index is 2580. The highest BCUT2D eigenvalue weighted by Crippen LogP contribution is 2.43. The molecule has 7 aromatic carbocycles. The van der Waals surface area contributed by atoms with Gasteiger partial charge in [0.25, 0.3) is 0 Å². The van der Waals surface area contributed by atoms with Crippen LogP contribution in [0.15, 0.2) is 170 Å². The van der Waals surface area contributed by atoms with Crippen LogP contribution in [-0.4, -0.2) is 12.6 Å². The summed E-state index contributed by atoms with van der Waals surface area (Å²) in [6, 6.07) is 60.6. The molecule has 0 radical (unpaired) electrons. The number of rotatable bonds is 6. The lowest BCUT2D eigenvalue weighted by atomic mass is 9.97. The fraction of sp³-hybridized carbons (Fsp3) is 0. The Kier molecular flexibility index (Phi) is 7.63. The lowest BCUT2D eigenvalue weighted by Gasteiger charge is -2.34. The molecule has 0 amide bonds. The van der Waals surface area contributed by atoms with Crippen molar-refractivity contribution >= 4 is 62.0 Å². The quantitative estimate of drug-likeness (QED) is 0.101. The van der Waals surface area contributed by atoms with Gasteiger partial charge in [0.05, 0.1) is 35.4 Å². The number of aromatic nitrogens is 1. The van der Waals surface area contributed by atoms with Crippen LogP contribution in [0.4, 0.5) is 11.4 Å². The first kappa shape index (κ1) is 30.4. The van der Waals surface area contributed by atoms with Gasteiger partial charge in [0.1, 0.15) is 6.07 Å². The Balaban J connectivity index is 1.49. The van der Waals surface area contributed by atoms with Gasteiger partial charge in [0.2, 0.25) is 0 Å². The molecule has 0 unspecified atom stereocenters. The van der Waals surface area contributed by atoms with Gasteiger partial charge in [-0.05, 0) is 49.9 Å². The zero-order valence-corrected chi connectivity index (χ0v) is 28.0. The topological polar surface area (TPSA) is 37.4 Å². The standard InChI is InChI=1S/C45H28N4Si/c1-47-34-26-28-43-40(30-34)39-23-12-13-24-42(39)49(43)45-33(31-46)25-27-41(48-2)44(45)32-15-14-22-38(29-32)50(35-16-6-3-7-17-35,36-18-8-4-9-19-36)37-20-10-5-11-21-37/h3-30H. The molecule has 232 valence electrons. The maximum Gasteiger partial charge on any atom is 0.197 e. The Morgan fingerprint density at radius 1 is 0.520 bits per heavy atom. The molecule has 0 aliphatic heterocycles. The molecule has 0 saturated heterocycles. The molecule has 1 heterocycles. The van der Waals surface area contributed by atoms with Crippen LogP contribution in [-0.2, 0) is 0 Å². The van der Waals surface area contributed by atoms with Crippen molar-refractivity contribution in [2.24, 2.45) is 0 Å². The lowest BCUT2D eigenvalue weighted by molar-refractivity contribution is 1.17. The number of nitriles is 1. The molecule has 0 atom stereocenters. The van der Waals surface area contributed by atoms with Crippen molar-refractivity contribution < 1.29 is 0 Å². The van der Waals surface area contributed by atoms with E-state index in [1.165, 1.54) is 20.7 Å². The first-order valence-electron chi connectivity index (χ1n) is 16.3. The molecule has 1 aromatic heterocycles. The molecule has 0 aliphatic carbocycles. The van der Waals surface area contributed by atoms with Crippen LogP contribution in [0.1, 0.15) is 5.56 Å². The molecular weight excluding hydrogens is 625 g/mol. The SMILES string of the molecule is [C-]#[N+]c1ccc2c(c1)c1ccccc1n2-c1c(C#N)ccc([N+]#[C-])c1-c1cccc([Si](c2ccccc2)(c2ccccc2)c2ccccc2)c1. The molecule has 0 fully saturated rings. The monoisotopic (exact) mass is 652 g/mol. The van der Waals surface area contributed by atoms with Crippen LogP contribution in [0.3, 0.4) is 0 Å². The van der Waals surface area contributed by atoms with E-state index in [0.29, 0.717) is 28.2 Å². The molecule has 50 heavy (non-hydrogen) atoms. The highest BCUT2D eigenvalue weighted by atomic mass is 28.3. The number of nitrogens with zero attached hydrogens (tertiary/aromatic N) is 4. The third-order valence-electron chi connectivity index (χ3n) is 9.61. The van der Waals surface area contributed by atoms with E-state index in [-0.39, 0.29) is 0 Å². The maximum absolute atomic E-state index is 10.6. The number of para-hydroxylation sites is 1. The van der Waals surface area contributed by atoms with E-state index in [0.717, 1.165) is 27.4 Å². The third-order valence-corrected chi connectivity index (χ3v) is 14.4. The van der Waals surface area contributed by atoms with E-state index in [1.54, 1.807) is 12.1 Å². The second-order valence-electron chi connectivity index (χ2n) is 12.2. The van der Waals surface area contributed by atoms with Crippen LogP contribution in [0.2, 0.25) is 0 Å². The Morgan fingerprint density at radius 2 is 1.10 bits per heavy atom. The molecule has 0 spiro atoms. The van der Waals surface area contributed by atoms with E-state index < -0.39 is 8.07 Å². The van der Waals surface area contributed by atoms with Gasteiger partial charge in [-0.2, -0.15) is 5.26 Å². The number of benzene rings is 7. The summed E-state index contributed by atoms with van der Waals surface area (Å²) in [6.45, 7) is 16.0. The minimum Gasteiger partial charge on any atom is -0.309 e. The van der Waals surface area contributed by atoms with Crippen molar-refractivity contribution in [3.8, 4) is 22.9 Å². The minimum atomic E-state index is -2.87. The Morgan fingerprint density at radius 3 is 1.70 bits per heavy atom. The average molecular weight is 653 g/mol. The van der Waals surface area contributed by atoms with Crippen molar-refractivity contribution in [3.05, 3.63) is 198 Å². The van der Waals surface area contributed by atoms with Gasteiger partial charge in [0, 0.05) is 10.9 Å². The molecule has 0 N–H and O–H groups in total. The van der Waals surface area contributed by atoms with Gasteiger partial charge in [0.15, 0.2) is 19.4 Å². The van der Waals surface area contributed by atoms with Gasteiger partial charge in [-0.1, -0.05) is 152 Å². The van der Waals surface area contributed by atoms with E-state index in [9.17, 15) is 5.26 Å². The third kappa shape index (κ3) is 4.72.